The summed E-state index contributed by atoms with van der Waals surface area (Å²) < 4.78 is 32.5. The fourth-order valence-corrected chi connectivity index (χ4v) is 4.68. The van der Waals surface area contributed by atoms with Crippen LogP contribution in [0.3, 0.4) is 0 Å². The van der Waals surface area contributed by atoms with Crippen LogP contribution in [0.1, 0.15) is 24.2 Å². The van der Waals surface area contributed by atoms with Crippen molar-refractivity contribution >= 4 is 32.4 Å². The number of carbonyl (C=O) groups is 1. The van der Waals surface area contributed by atoms with E-state index in [-0.39, 0.29) is 23.0 Å². The molecule has 1 aromatic heterocycles. The number of benzene rings is 1. The van der Waals surface area contributed by atoms with E-state index in [1.165, 1.54) is 45.4 Å². The Morgan fingerprint density at radius 2 is 1.88 bits per heavy atom. The lowest BCUT2D eigenvalue weighted by Gasteiger charge is -2.34. The molecule has 8 nitrogen and oxygen atoms in total. The van der Waals surface area contributed by atoms with Crippen LogP contribution in [0.2, 0.25) is 0 Å². The molecule has 3 rings (SSSR count). The Labute approximate surface area is 149 Å². The van der Waals surface area contributed by atoms with Gasteiger partial charge < -0.3 is 4.74 Å². The number of amides is 1. The maximum absolute atomic E-state index is 12.8. The summed E-state index contributed by atoms with van der Waals surface area (Å²) in [6.45, 7) is 4.32. The number of nitrogens with one attached hydrogen (secondary N) is 1. The summed E-state index contributed by atoms with van der Waals surface area (Å²) in [6, 6.07) is 5.84. The first-order valence-electron chi connectivity index (χ1n) is 7.69. The number of aromatic nitrogens is 2. The van der Waals surface area contributed by atoms with Gasteiger partial charge >= 0.3 is 0 Å². The molecule has 0 saturated carbocycles. The minimum Gasteiger partial charge on any atom is -0.373 e. The van der Waals surface area contributed by atoms with Crippen molar-refractivity contribution in [2.45, 2.75) is 31.0 Å². The number of rotatable bonds is 4. The van der Waals surface area contributed by atoms with E-state index >= 15 is 0 Å². The first-order valence-corrected chi connectivity index (χ1v) is 10.0. The van der Waals surface area contributed by atoms with Crippen LogP contribution in [0.4, 0.5) is 5.13 Å². The molecule has 1 aromatic carbocycles. The summed E-state index contributed by atoms with van der Waals surface area (Å²) in [5.74, 6) is -0.366. The molecule has 134 valence electrons. The van der Waals surface area contributed by atoms with Gasteiger partial charge in [-0.05, 0) is 38.1 Å². The van der Waals surface area contributed by atoms with Gasteiger partial charge in [-0.1, -0.05) is 11.3 Å². The molecule has 1 aliphatic rings. The van der Waals surface area contributed by atoms with E-state index in [0.717, 1.165) is 0 Å². The zero-order chi connectivity index (χ0) is 18.0. The first-order chi connectivity index (χ1) is 11.9. The maximum Gasteiger partial charge on any atom is 0.257 e. The van der Waals surface area contributed by atoms with Gasteiger partial charge in [0, 0.05) is 18.7 Å². The number of ether oxygens (including phenoxy) is 1. The number of sulfonamides is 1. The van der Waals surface area contributed by atoms with Crippen molar-refractivity contribution in [2.24, 2.45) is 0 Å². The second-order valence-electron chi connectivity index (χ2n) is 5.80. The van der Waals surface area contributed by atoms with Crippen LogP contribution in [-0.4, -0.2) is 54.1 Å². The normalized spacial score (nSPS) is 21.8. The average molecular weight is 382 g/mol. The molecule has 2 aromatic rings. The first kappa shape index (κ1) is 17.9. The second-order valence-corrected chi connectivity index (χ2v) is 8.57. The summed E-state index contributed by atoms with van der Waals surface area (Å²) in [5.41, 5.74) is 1.85. The highest BCUT2D eigenvalue weighted by molar-refractivity contribution is 7.89. The van der Waals surface area contributed by atoms with E-state index in [2.05, 4.69) is 15.5 Å². The van der Waals surface area contributed by atoms with Crippen LogP contribution in [0.5, 0.6) is 0 Å². The number of anilines is 1. The van der Waals surface area contributed by atoms with Gasteiger partial charge in [0.05, 0.1) is 17.1 Å². The zero-order valence-electron chi connectivity index (χ0n) is 13.7. The fraction of sp³-hybridized carbons (Fsp3) is 0.400. The third-order valence-corrected chi connectivity index (χ3v) is 6.17. The molecular weight excluding hydrogens is 364 g/mol. The van der Waals surface area contributed by atoms with Crippen LogP contribution in [0.15, 0.2) is 34.7 Å². The molecule has 10 heteroatoms. The topological polar surface area (TPSA) is 101 Å². The molecule has 0 spiro atoms. The van der Waals surface area contributed by atoms with Crippen molar-refractivity contribution in [3.8, 4) is 0 Å². The number of nitrogens with zero attached hydrogens (tertiary/aromatic N) is 3. The molecule has 2 heterocycles. The van der Waals surface area contributed by atoms with E-state index in [1.54, 1.807) is 0 Å². The van der Waals surface area contributed by atoms with E-state index in [1.807, 2.05) is 13.8 Å². The Balaban J connectivity index is 1.76. The quantitative estimate of drug-likeness (QED) is 0.862. The van der Waals surface area contributed by atoms with Gasteiger partial charge in [0.25, 0.3) is 5.91 Å². The Kier molecular flexibility index (Phi) is 5.13. The number of morpholine rings is 1. The van der Waals surface area contributed by atoms with E-state index in [4.69, 9.17) is 4.74 Å². The molecule has 1 aliphatic heterocycles. The van der Waals surface area contributed by atoms with Gasteiger partial charge in [-0.25, -0.2) is 8.42 Å². The Morgan fingerprint density at radius 3 is 2.44 bits per heavy atom. The van der Waals surface area contributed by atoms with Crippen molar-refractivity contribution in [1.29, 1.82) is 0 Å². The molecule has 1 saturated heterocycles. The van der Waals surface area contributed by atoms with Crippen molar-refractivity contribution in [3.63, 3.8) is 0 Å². The third-order valence-electron chi connectivity index (χ3n) is 3.72. The van der Waals surface area contributed by atoms with Crippen molar-refractivity contribution in [1.82, 2.24) is 14.5 Å². The highest BCUT2D eigenvalue weighted by Gasteiger charge is 2.32. The minimum absolute atomic E-state index is 0.154. The van der Waals surface area contributed by atoms with Gasteiger partial charge in [0.15, 0.2) is 0 Å². The lowest BCUT2D eigenvalue weighted by Crippen LogP contribution is -2.48. The SMILES string of the molecule is C[C@@H]1CN(S(=O)(=O)c2ccc(C(=O)Nc3nncs3)cc2)C[C@@H](C)O1. The summed E-state index contributed by atoms with van der Waals surface area (Å²) >= 11 is 1.20. The van der Waals surface area contributed by atoms with Gasteiger partial charge in [0.1, 0.15) is 5.51 Å². The third kappa shape index (κ3) is 4.03. The maximum atomic E-state index is 12.8. The van der Waals surface area contributed by atoms with Crippen LogP contribution < -0.4 is 5.32 Å². The highest BCUT2D eigenvalue weighted by Crippen LogP contribution is 2.22. The Morgan fingerprint density at radius 1 is 1.24 bits per heavy atom. The molecule has 2 atom stereocenters. The molecule has 1 amide bonds. The van der Waals surface area contributed by atoms with Gasteiger partial charge in [-0.3, -0.25) is 10.1 Å². The van der Waals surface area contributed by atoms with Gasteiger partial charge in [0.2, 0.25) is 15.2 Å². The van der Waals surface area contributed by atoms with E-state index in [0.29, 0.717) is 23.8 Å². The number of hydrogen-bond donors (Lipinski definition) is 1. The van der Waals surface area contributed by atoms with Crippen LogP contribution in [-0.2, 0) is 14.8 Å². The summed E-state index contributed by atoms with van der Waals surface area (Å²) in [4.78, 5) is 12.3. The molecular formula is C15H18N4O4S2. The smallest absolute Gasteiger partial charge is 0.257 e. The molecule has 0 radical (unpaired) electrons. The Hall–Kier alpha value is -1.88. The molecule has 25 heavy (non-hydrogen) atoms. The van der Waals surface area contributed by atoms with Crippen LogP contribution in [0.25, 0.3) is 0 Å². The molecule has 1 N–H and O–H groups in total. The zero-order valence-corrected chi connectivity index (χ0v) is 15.4. The van der Waals surface area contributed by atoms with E-state index in [9.17, 15) is 13.2 Å². The van der Waals surface area contributed by atoms with Gasteiger partial charge in [-0.2, -0.15) is 4.31 Å². The molecule has 1 fully saturated rings. The number of hydrogen-bond acceptors (Lipinski definition) is 7. The molecule has 0 aliphatic carbocycles. The fourth-order valence-electron chi connectivity index (χ4n) is 2.65. The van der Waals surface area contributed by atoms with Crippen LogP contribution >= 0.6 is 11.3 Å². The summed E-state index contributed by atoms with van der Waals surface area (Å²) in [6.07, 6.45) is -0.314. The summed E-state index contributed by atoms with van der Waals surface area (Å²) in [7, 11) is -3.62. The minimum atomic E-state index is -3.62. The Bertz CT molecular complexity index is 827. The lowest BCUT2D eigenvalue weighted by atomic mass is 10.2. The summed E-state index contributed by atoms with van der Waals surface area (Å²) in [5, 5.41) is 10.4. The monoisotopic (exact) mass is 382 g/mol. The predicted molar refractivity (Wildman–Crippen MR) is 93.1 cm³/mol. The standard InChI is InChI=1S/C15H18N4O4S2/c1-10-7-19(8-11(2)23-10)25(21,22)13-5-3-12(4-6-13)14(20)17-15-18-16-9-24-15/h3-6,9-11H,7-8H2,1-2H3,(H,17,18,20)/t10-,11-/m1/s1. The van der Waals surface area contributed by atoms with Crippen molar-refractivity contribution in [3.05, 3.63) is 35.3 Å². The van der Waals surface area contributed by atoms with E-state index < -0.39 is 10.0 Å². The lowest BCUT2D eigenvalue weighted by molar-refractivity contribution is -0.0440. The largest absolute Gasteiger partial charge is 0.373 e. The predicted octanol–water partition coefficient (Wildman–Crippen LogP) is 1.59. The second kappa shape index (κ2) is 7.16. The van der Waals surface area contributed by atoms with Crippen LogP contribution in [0, 0.1) is 0 Å². The molecule has 0 unspecified atom stereocenters. The average Bonchev–Trinajstić information content (AvgIpc) is 3.07. The highest BCUT2D eigenvalue weighted by atomic mass is 32.2. The molecule has 0 bridgehead atoms. The van der Waals surface area contributed by atoms with Gasteiger partial charge in [-0.15, -0.1) is 10.2 Å². The van der Waals surface area contributed by atoms with Crippen molar-refractivity contribution < 1.29 is 17.9 Å². The number of carbonyl (C=O) groups excluding carboxylic acids is 1. The van der Waals surface area contributed by atoms with Crippen molar-refractivity contribution in [2.75, 3.05) is 18.4 Å².